The van der Waals surface area contributed by atoms with Crippen LogP contribution in [0.4, 0.5) is 5.69 Å². The van der Waals surface area contributed by atoms with Crippen LogP contribution in [-0.4, -0.2) is 31.1 Å². The second-order valence-electron chi connectivity index (χ2n) is 4.03. The fourth-order valence-corrected chi connectivity index (χ4v) is 2.10. The van der Waals surface area contributed by atoms with Crippen LogP contribution >= 0.6 is 11.6 Å². The molecule has 0 aliphatic carbocycles. The number of ether oxygens (including phenoxy) is 2. The molecule has 1 aromatic rings. The van der Waals surface area contributed by atoms with Crippen LogP contribution in [0.1, 0.15) is 12.5 Å². The fraction of sp³-hybridized carbons (Fsp3) is 0.333. The third-order valence-electron chi connectivity index (χ3n) is 2.89. The van der Waals surface area contributed by atoms with Gasteiger partial charge in [-0.2, -0.15) is 0 Å². The van der Waals surface area contributed by atoms with Crippen LogP contribution in [0.15, 0.2) is 18.2 Å². The Bertz CT molecular complexity index is 555. The smallest absolute Gasteiger partial charge is 0.327 e. The molecule has 0 heterocycles. The topological polar surface area (TPSA) is 95.7 Å². The van der Waals surface area contributed by atoms with Gasteiger partial charge in [0.25, 0.3) is 5.69 Å². The zero-order valence-corrected chi connectivity index (χ0v) is 11.8. The van der Waals surface area contributed by atoms with Crippen LogP contribution in [-0.2, 0) is 24.5 Å². The predicted molar refractivity (Wildman–Crippen MR) is 69.5 cm³/mol. The van der Waals surface area contributed by atoms with E-state index in [1.54, 1.807) is 0 Å². The van der Waals surface area contributed by atoms with Crippen molar-refractivity contribution >= 4 is 29.2 Å². The number of carbonyl (C=O) groups is 2. The molecule has 0 radical (unpaired) electrons. The van der Waals surface area contributed by atoms with Crippen molar-refractivity contribution in [1.29, 1.82) is 0 Å². The Morgan fingerprint density at radius 1 is 1.25 bits per heavy atom. The van der Waals surface area contributed by atoms with Crippen molar-refractivity contribution in [3.05, 3.63) is 38.9 Å². The second kappa shape index (κ2) is 5.87. The van der Waals surface area contributed by atoms with Gasteiger partial charge in [-0.25, -0.2) is 0 Å². The first-order chi connectivity index (χ1) is 9.28. The molecule has 1 rings (SSSR count). The predicted octanol–water partition coefficient (Wildman–Crippen LogP) is 1.85. The highest BCUT2D eigenvalue weighted by molar-refractivity contribution is 6.32. The molecule has 0 amide bonds. The van der Waals surface area contributed by atoms with Gasteiger partial charge in [0.2, 0.25) is 0 Å². The zero-order valence-electron chi connectivity index (χ0n) is 11.0. The molecule has 0 aromatic heterocycles. The van der Waals surface area contributed by atoms with E-state index in [-0.39, 0.29) is 16.3 Å². The maximum atomic E-state index is 11.9. The molecule has 0 fully saturated rings. The van der Waals surface area contributed by atoms with Crippen LogP contribution in [0.25, 0.3) is 0 Å². The highest BCUT2D eigenvalue weighted by atomic mass is 35.5. The Kier molecular flexibility index (Phi) is 4.67. The molecule has 0 atom stereocenters. The van der Waals surface area contributed by atoms with E-state index < -0.39 is 22.3 Å². The number of nitrogens with zero attached hydrogens (tertiary/aromatic N) is 1. The lowest BCUT2D eigenvalue weighted by Gasteiger charge is -2.24. The van der Waals surface area contributed by atoms with Crippen molar-refractivity contribution in [2.45, 2.75) is 12.3 Å². The highest BCUT2D eigenvalue weighted by Gasteiger charge is 2.47. The summed E-state index contributed by atoms with van der Waals surface area (Å²) in [5, 5.41) is 10.6. The van der Waals surface area contributed by atoms with Crippen LogP contribution in [0.2, 0.25) is 5.02 Å². The minimum absolute atomic E-state index is 0.0727. The van der Waals surface area contributed by atoms with Crippen LogP contribution in [0.5, 0.6) is 0 Å². The summed E-state index contributed by atoms with van der Waals surface area (Å²) in [6.45, 7) is 1.28. The summed E-state index contributed by atoms with van der Waals surface area (Å²) in [4.78, 5) is 33.8. The van der Waals surface area contributed by atoms with E-state index in [2.05, 4.69) is 9.47 Å². The minimum Gasteiger partial charge on any atom is -0.468 e. The van der Waals surface area contributed by atoms with E-state index in [1.807, 2.05) is 0 Å². The van der Waals surface area contributed by atoms with Crippen molar-refractivity contribution < 1.29 is 24.0 Å². The first kappa shape index (κ1) is 15.9. The third-order valence-corrected chi connectivity index (χ3v) is 3.20. The molecule has 7 nitrogen and oxygen atoms in total. The summed E-state index contributed by atoms with van der Waals surface area (Å²) in [6.07, 6.45) is 0. The minimum atomic E-state index is -1.80. The average Bonchev–Trinajstić information content (AvgIpc) is 2.44. The molecular formula is C12H12ClNO6. The van der Waals surface area contributed by atoms with E-state index in [9.17, 15) is 19.7 Å². The van der Waals surface area contributed by atoms with Gasteiger partial charge < -0.3 is 9.47 Å². The molecule has 0 saturated heterocycles. The van der Waals surface area contributed by atoms with Crippen molar-refractivity contribution in [3.8, 4) is 0 Å². The van der Waals surface area contributed by atoms with Gasteiger partial charge in [0.1, 0.15) is 0 Å². The summed E-state index contributed by atoms with van der Waals surface area (Å²) in [7, 11) is 2.23. The molecule has 0 aliphatic rings. The third kappa shape index (κ3) is 2.57. The average molecular weight is 302 g/mol. The van der Waals surface area contributed by atoms with Gasteiger partial charge in [0, 0.05) is 12.1 Å². The molecule has 0 aliphatic heterocycles. The number of hydrogen-bond acceptors (Lipinski definition) is 6. The number of non-ortho nitro benzene ring substituents is 1. The highest BCUT2D eigenvalue weighted by Crippen LogP contribution is 2.34. The fourth-order valence-electron chi connectivity index (χ4n) is 1.73. The maximum absolute atomic E-state index is 11.9. The van der Waals surface area contributed by atoms with E-state index >= 15 is 0 Å². The number of benzene rings is 1. The van der Waals surface area contributed by atoms with E-state index in [0.29, 0.717) is 0 Å². The lowest BCUT2D eigenvalue weighted by molar-refractivity contribution is -0.384. The maximum Gasteiger partial charge on any atom is 0.327 e. The molecule has 1 aromatic carbocycles. The van der Waals surface area contributed by atoms with Gasteiger partial charge in [-0.05, 0) is 18.6 Å². The van der Waals surface area contributed by atoms with E-state index in [4.69, 9.17) is 11.6 Å². The Hall–Kier alpha value is -2.15. The largest absolute Gasteiger partial charge is 0.468 e. The number of rotatable bonds is 4. The Labute approximate surface area is 119 Å². The van der Waals surface area contributed by atoms with Crippen molar-refractivity contribution in [2.75, 3.05) is 14.2 Å². The van der Waals surface area contributed by atoms with Crippen LogP contribution in [0.3, 0.4) is 0 Å². The molecule has 0 spiro atoms. The lowest BCUT2D eigenvalue weighted by atomic mass is 9.82. The molecule has 0 N–H and O–H groups in total. The molecule has 20 heavy (non-hydrogen) atoms. The summed E-state index contributed by atoms with van der Waals surface area (Å²) < 4.78 is 9.19. The lowest BCUT2D eigenvalue weighted by Crippen LogP contribution is -2.43. The number of esters is 2. The van der Waals surface area contributed by atoms with Gasteiger partial charge in [-0.1, -0.05) is 11.6 Å². The second-order valence-corrected chi connectivity index (χ2v) is 4.44. The first-order valence-electron chi connectivity index (χ1n) is 5.40. The number of methoxy groups -OCH3 is 2. The molecule has 108 valence electrons. The van der Waals surface area contributed by atoms with Crippen molar-refractivity contribution in [3.63, 3.8) is 0 Å². The van der Waals surface area contributed by atoms with Gasteiger partial charge in [-0.15, -0.1) is 0 Å². The Morgan fingerprint density at radius 2 is 1.75 bits per heavy atom. The number of nitro benzene ring substituents is 1. The monoisotopic (exact) mass is 301 g/mol. The molecule has 0 saturated carbocycles. The van der Waals surface area contributed by atoms with Gasteiger partial charge in [0.05, 0.1) is 24.2 Å². The molecule has 0 unspecified atom stereocenters. The van der Waals surface area contributed by atoms with E-state index in [1.165, 1.54) is 13.0 Å². The normalized spacial score (nSPS) is 10.8. The van der Waals surface area contributed by atoms with Crippen molar-refractivity contribution in [1.82, 2.24) is 0 Å². The summed E-state index contributed by atoms with van der Waals surface area (Å²) in [5.41, 5.74) is -1.98. The van der Waals surface area contributed by atoms with Gasteiger partial charge >= 0.3 is 11.9 Å². The molecular weight excluding hydrogens is 290 g/mol. The quantitative estimate of drug-likeness (QED) is 0.364. The Morgan fingerprint density at radius 3 is 2.10 bits per heavy atom. The number of hydrogen-bond donors (Lipinski definition) is 0. The van der Waals surface area contributed by atoms with Crippen LogP contribution in [0, 0.1) is 10.1 Å². The van der Waals surface area contributed by atoms with Gasteiger partial charge in [0.15, 0.2) is 5.41 Å². The Balaban J connectivity index is 3.47. The standard InChI is InChI=1S/C12H12ClNO6/c1-12(10(15)19-2,11(16)20-3)8-5-4-7(14(17)18)6-9(8)13/h4-6H,1-3H3. The first-order valence-corrected chi connectivity index (χ1v) is 5.78. The van der Waals surface area contributed by atoms with Crippen molar-refractivity contribution in [2.24, 2.45) is 0 Å². The zero-order chi connectivity index (χ0) is 15.5. The van der Waals surface area contributed by atoms with E-state index in [0.717, 1.165) is 26.4 Å². The summed E-state index contributed by atoms with van der Waals surface area (Å²) in [6, 6.07) is 3.43. The van der Waals surface area contributed by atoms with Crippen LogP contribution < -0.4 is 0 Å². The SMILES string of the molecule is COC(=O)C(C)(C(=O)OC)c1ccc([N+](=O)[O-])cc1Cl. The summed E-state index contributed by atoms with van der Waals surface area (Å²) in [5.74, 6) is -1.75. The molecule has 0 bridgehead atoms. The number of carbonyl (C=O) groups excluding carboxylic acids is 2. The van der Waals surface area contributed by atoms with Gasteiger partial charge in [-0.3, -0.25) is 19.7 Å². The summed E-state index contributed by atoms with van der Waals surface area (Å²) >= 11 is 5.94. The molecule has 8 heteroatoms. The number of halogens is 1. The number of nitro groups is 1.